The first kappa shape index (κ1) is 12.4. The minimum Gasteiger partial charge on any atom is -0.327 e. The van der Waals surface area contributed by atoms with Crippen LogP contribution in [-0.2, 0) is 7.05 Å². The van der Waals surface area contributed by atoms with Crippen molar-refractivity contribution in [3.63, 3.8) is 0 Å². The van der Waals surface area contributed by atoms with E-state index in [1.807, 2.05) is 36.6 Å². The van der Waals surface area contributed by atoms with Crippen molar-refractivity contribution in [2.24, 2.45) is 13.0 Å². The fourth-order valence-corrected chi connectivity index (χ4v) is 2.92. The minimum absolute atomic E-state index is 0.463. The molecule has 0 spiro atoms. The Kier molecular flexibility index (Phi) is 3.38. The Morgan fingerprint density at radius 3 is 3.00 bits per heavy atom. The Labute approximate surface area is 113 Å². The van der Waals surface area contributed by atoms with Crippen molar-refractivity contribution in [1.82, 2.24) is 24.6 Å². The summed E-state index contributed by atoms with van der Waals surface area (Å²) in [5.74, 6) is 0.679. The van der Waals surface area contributed by atoms with Gasteiger partial charge in [0, 0.05) is 24.8 Å². The molecule has 1 N–H and O–H groups in total. The monoisotopic (exact) mass is 259 g/mol. The maximum absolute atomic E-state index is 4.33. The number of nitrogens with zero attached hydrogens (tertiary/aromatic N) is 4. The first-order chi connectivity index (χ1) is 9.25. The number of aryl methyl sites for hydroxylation is 1. The molecule has 0 saturated carbocycles. The summed E-state index contributed by atoms with van der Waals surface area (Å²) < 4.78 is 4.12. The Balaban J connectivity index is 1.86. The molecule has 2 atom stereocenters. The van der Waals surface area contributed by atoms with Crippen LogP contribution in [0.15, 0.2) is 24.9 Å². The van der Waals surface area contributed by atoms with Crippen LogP contribution >= 0.6 is 0 Å². The minimum atomic E-state index is 0.463. The maximum Gasteiger partial charge on any atom is 0.0953 e. The molecule has 0 aliphatic carbocycles. The lowest BCUT2D eigenvalue weighted by Gasteiger charge is -2.30. The van der Waals surface area contributed by atoms with Crippen LogP contribution in [0.25, 0.3) is 11.3 Å². The average Bonchev–Trinajstić information content (AvgIpc) is 3.07. The van der Waals surface area contributed by atoms with Gasteiger partial charge < -0.3 is 9.88 Å². The molecular weight excluding hydrogens is 238 g/mol. The van der Waals surface area contributed by atoms with E-state index in [0.717, 1.165) is 24.3 Å². The predicted molar refractivity (Wildman–Crippen MR) is 74.7 cm³/mol. The van der Waals surface area contributed by atoms with Gasteiger partial charge in [0.2, 0.25) is 0 Å². The van der Waals surface area contributed by atoms with Crippen LogP contribution in [0, 0.1) is 5.92 Å². The number of hydrogen-bond donors (Lipinski definition) is 1. The molecule has 1 aliphatic heterocycles. The summed E-state index contributed by atoms with van der Waals surface area (Å²) in [6, 6.07) is 0.463. The summed E-state index contributed by atoms with van der Waals surface area (Å²) in [7, 11) is 1.94. The van der Waals surface area contributed by atoms with Crippen molar-refractivity contribution in [3.8, 4) is 11.3 Å². The predicted octanol–water partition coefficient (Wildman–Crippen LogP) is 1.84. The molecule has 5 nitrogen and oxygen atoms in total. The number of nitrogens with one attached hydrogen (secondary N) is 1. The Bertz CT molecular complexity index is 536. The average molecular weight is 259 g/mol. The van der Waals surface area contributed by atoms with Gasteiger partial charge in [-0.1, -0.05) is 0 Å². The molecule has 0 aromatic carbocycles. The smallest absolute Gasteiger partial charge is 0.0953 e. The lowest BCUT2D eigenvalue weighted by atomic mass is 9.92. The van der Waals surface area contributed by atoms with Crippen molar-refractivity contribution in [2.45, 2.75) is 25.8 Å². The van der Waals surface area contributed by atoms with E-state index in [1.54, 1.807) is 0 Å². The Morgan fingerprint density at radius 2 is 2.32 bits per heavy atom. The van der Waals surface area contributed by atoms with Gasteiger partial charge >= 0.3 is 0 Å². The summed E-state index contributed by atoms with van der Waals surface area (Å²) in [5.41, 5.74) is 2.29. The molecule has 19 heavy (non-hydrogen) atoms. The van der Waals surface area contributed by atoms with Gasteiger partial charge in [0.1, 0.15) is 0 Å². The fraction of sp³-hybridized carbons (Fsp3) is 0.571. The second kappa shape index (κ2) is 5.17. The molecule has 5 heteroatoms. The zero-order chi connectivity index (χ0) is 13.2. The lowest BCUT2D eigenvalue weighted by molar-refractivity contribution is 0.281. The second-order valence-corrected chi connectivity index (χ2v) is 5.44. The molecule has 3 heterocycles. The molecule has 0 bridgehead atoms. The van der Waals surface area contributed by atoms with E-state index in [0.29, 0.717) is 12.0 Å². The van der Waals surface area contributed by atoms with Crippen LogP contribution in [-0.4, -0.2) is 32.4 Å². The van der Waals surface area contributed by atoms with Gasteiger partial charge in [-0.3, -0.25) is 4.68 Å². The van der Waals surface area contributed by atoms with Gasteiger partial charge in [-0.05, 0) is 38.8 Å². The molecule has 0 radical (unpaired) electrons. The van der Waals surface area contributed by atoms with E-state index in [1.165, 1.54) is 12.8 Å². The van der Waals surface area contributed by atoms with Crippen molar-refractivity contribution >= 4 is 0 Å². The summed E-state index contributed by atoms with van der Waals surface area (Å²) in [4.78, 5) is 4.33. The molecule has 1 saturated heterocycles. The second-order valence-electron chi connectivity index (χ2n) is 5.44. The highest BCUT2D eigenvalue weighted by Gasteiger charge is 2.23. The van der Waals surface area contributed by atoms with Crippen molar-refractivity contribution in [2.75, 3.05) is 13.1 Å². The number of piperidine rings is 1. The van der Waals surface area contributed by atoms with E-state index in [9.17, 15) is 0 Å². The van der Waals surface area contributed by atoms with E-state index >= 15 is 0 Å². The Hall–Kier alpha value is -1.62. The van der Waals surface area contributed by atoms with Crippen LogP contribution in [0.2, 0.25) is 0 Å². The third-order valence-corrected chi connectivity index (χ3v) is 4.12. The molecular formula is C14H21N5. The number of aromatic nitrogens is 4. The van der Waals surface area contributed by atoms with E-state index < -0.39 is 0 Å². The SMILES string of the molecule is CC(C1CCCNC1)n1cncc1-c1cnn(C)c1. The van der Waals surface area contributed by atoms with Crippen LogP contribution in [0.3, 0.4) is 0 Å². The molecule has 2 unspecified atom stereocenters. The lowest BCUT2D eigenvalue weighted by Crippen LogP contribution is -2.34. The summed E-state index contributed by atoms with van der Waals surface area (Å²) in [6.45, 7) is 4.55. The summed E-state index contributed by atoms with van der Waals surface area (Å²) in [5, 5.41) is 7.74. The first-order valence-electron chi connectivity index (χ1n) is 6.97. The molecule has 2 aromatic heterocycles. The van der Waals surface area contributed by atoms with Crippen molar-refractivity contribution in [1.29, 1.82) is 0 Å². The number of imidazole rings is 1. The molecule has 0 amide bonds. The van der Waals surface area contributed by atoms with Gasteiger partial charge in [-0.15, -0.1) is 0 Å². The van der Waals surface area contributed by atoms with Gasteiger partial charge in [0.05, 0.1) is 24.4 Å². The molecule has 102 valence electrons. The molecule has 2 aromatic rings. The Morgan fingerprint density at radius 1 is 1.42 bits per heavy atom. The topological polar surface area (TPSA) is 47.7 Å². The van der Waals surface area contributed by atoms with Gasteiger partial charge in [-0.25, -0.2) is 4.98 Å². The third-order valence-electron chi connectivity index (χ3n) is 4.12. The zero-order valence-electron chi connectivity index (χ0n) is 11.6. The van der Waals surface area contributed by atoms with Crippen LogP contribution in [0.1, 0.15) is 25.8 Å². The van der Waals surface area contributed by atoms with Gasteiger partial charge in [0.25, 0.3) is 0 Å². The van der Waals surface area contributed by atoms with Crippen LogP contribution < -0.4 is 5.32 Å². The van der Waals surface area contributed by atoms with Gasteiger partial charge in [-0.2, -0.15) is 5.10 Å². The van der Waals surface area contributed by atoms with Crippen LogP contribution in [0.5, 0.6) is 0 Å². The van der Waals surface area contributed by atoms with Gasteiger partial charge in [0.15, 0.2) is 0 Å². The molecule has 1 aliphatic rings. The fourth-order valence-electron chi connectivity index (χ4n) is 2.92. The zero-order valence-corrected chi connectivity index (χ0v) is 11.6. The summed E-state index contributed by atoms with van der Waals surface area (Å²) in [6.07, 6.45) is 10.4. The largest absolute Gasteiger partial charge is 0.327 e. The normalized spacial score (nSPS) is 21.5. The highest BCUT2D eigenvalue weighted by atomic mass is 15.2. The third kappa shape index (κ3) is 2.42. The highest BCUT2D eigenvalue weighted by molar-refractivity contribution is 5.56. The highest BCUT2D eigenvalue weighted by Crippen LogP contribution is 2.29. The number of hydrogen-bond acceptors (Lipinski definition) is 3. The standard InChI is InChI=1S/C14H21N5/c1-11(12-4-3-5-15-6-12)19-10-16-8-14(19)13-7-17-18(2)9-13/h7-12,15H,3-6H2,1-2H3. The summed E-state index contributed by atoms with van der Waals surface area (Å²) >= 11 is 0. The quantitative estimate of drug-likeness (QED) is 0.915. The van der Waals surface area contributed by atoms with E-state index in [-0.39, 0.29) is 0 Å². The first-order valence-corrected chi connectivity index (χ1v) is 6.97. The number of rotatable bonds is 3. The van der Waals surface area contributed by atoms with Crippen molar-refractivity contribution < 1.29 is 0 Å². The van der Waals surface area contributed by atoms with Crippen LogP contribution in [0.4, 0.5) is 0 Å². The van der Waals surface area contributed by atoms with Crippen molar-refractivity contribution in [3.05, 3.63) is 24.9 Å². The van der Waals surface area contributed by atoms with E-state index in [2.05, 4.69) is 26.9 Å². The maximum atomic E-state index is 4.33. The molecule has 3 rings (SSSR count). The molecule has 1 fully saturated rings. The van der Waals surface area contributed by atoms with E-state index in [4.69, 9.17) is 0 Å².